The molecule has 37 heavy (non-hydrogen) atoms. The zero-order chi connectivity index (χ0) is 24.7. The third-order valence-corrected chi connectivity index (χ3v) is 7.88. The number of imidazole rings is 2. The van der Waals surface area contributed by atoms with Crippen LogP contribution < -0.4 is 9.80 Å². The Morgan fingerprint density at radius 3 is 1.57 bits per heavy atom. The molecule has 0 amide bonds. The van der Waals surface area contributed by atoms with Crippen LogP contribution in [0.2, 0.25) is 0 Å². The Labute approximate surface area is 214 Å². The molecule has 0 atom stereocenters. The van der Waals surface area contributed by atoms with Crippen molar-refractivity contribution in [3.63, 3.8) is 0 Å². The minimum Gasteiger partial charge on any atom is -0.349 e. The number of fused-ring (bicyclic) bond motifs is 8. The maximum atomic E-state index is 4.91. The Kier molecular flexibility index (Phi) is 4.15. The molecule has 6 nitrogen and oxygen atoms in total. The molecule has 0 spiro atoms. The Morgan fingerprint density at radius 1 is 0.622 bits per heavy atom. The van der Waals surface area contributed by atoms with Gasteiger partial charge in [-0.25, -0.2) is 9.97 Å². The summed E-state index contributed by atoms with van der Waals surface area (Å²) >= 11 is 0. The molecule has 2 aliphatic heterocycles. The number of aromatic amines is 2. The molecule has 8 rings (SSSR count). The number of anilines is 2. The summed E-state index contributed by atoms with van der Waals surface area (Å²) in [6, 6.07) is 26.1. The van der Waals surface area contributed by atoms with Gasteiger partial charge in [0.1, 0.15) is 11.6 Å². The second-order valence-electron chi connectivity index (χ2n) is 10.3. The summed E-state index contributed by atoms with van der Waals surface area (Å²) in [5.74, 6) is 1.86. The monoisotopic (exact) mass is 482 g/mol. The van der Waals surface area contributed by atoms with Crippen LogP contribution in [0.15, 0.2) is 72.8 Å². The number of benzene rings is 4. The van der Waals surface area contributed by atoms with Gasteiger partial charge in [0.25, 0.3) is 0 Å². The lowest BCUT2D eigenvalue weighted by Gasteiger charge is -2.45. The van der Waals surface area contributed by atoms with E-state index in [1.165, 1.54) is 33.6 Å². The average molecular weight is 483 g/mol. The minimum atomic E-state index is 0.884. The van der Waals surface area contributed by atoms with Gasteiger partial charge in [-0.1, -0.05) is 24.3 Å². The Morgan fingerprint density at radius 2 is 1.11 bits per heavy atom. The molecule has 0 aliphatic carbocycles. The van der Waals surface area contributed by atoms with E-state index in [1.54, 1.807) is 0 Å². The molecule has 180 valence electrons. The van der Waals surface area contributed by atoms with Crippen LogP contribution in [0, 0.1) is 13.8 Å². The predicted octanol–water partition coefficient (Wildman–Crippen LogP) is 6.69. The van der Waals surface area contributed by atoms with Gasteiger partial charge in [0.15, 0.2) is 0 Å². The van der Waals surface area contributed by atoms with E-state index in [9.17, 15) is 0 Å². The summed E-state index contributed by atoms with van der Waals surface area (Å²) in [7, 11) is 0. The Bertz CT molecular complexity index is 1720. The second-order valence-corrected chi connectivity index (χ2v) is 10.3. The van der Waals surface area contributed by atoms with Gasteiger partial charge < -0.3 is 19.8 Å². The number of hydrogen-bond donors (Lipinski definition) is 2. The van der Waals surface area contributed by atoms with Crippen molar-refractivity contribution in [1.82, 2.24) is 19.9 Å². The van der Waals surface area contributed by atoms with Crippen LogP contribution in [0.1, 0.15) is 22.3 Å². The average Bonchev–Trinajstić information content (AvgIpc) is 3.55. The zero-order valence-electron chi connectivity index (χ0n) is 20.8. The van der Waals surface area contributed by atoms with E-state index >= 15 is 0 Å². The van der Waals surface area contributed by atoms with E-state index in [-0.39, 0.29) is 0 Å². The van der Waals surface area contributed by atoms with Crippen LogP contribution in [0.3, 0.4) is 0 Å². The molecule has 2 aromatic heterocycles. The minimum absolute atomic E-state index is 0.884. The van der Waals surface area contributed by atoms with E-state index < -0.39 is 0 Å². The number of H-pyrrole nitrogens is 2. The molecule has 2 N–H and O–H groups in total. The zero-order valence-corrected chi connectivity index (χ0v) is 20.8. The molecule has 0 fully saturated rings. The molecular formula is C31H26N6. The molecule has 4 heterocycles. The van der Waals surface area contributed by atoms with Gasteiger partial charge in [-0.3, -0.25) is 0 Å². The smallest absolute Gasteiger partial charge is 0.138 e. The molecule has 0 saturated heterocycles. The highest BCUT2D eigenvalue weighted by molar-refractivity contribution is 5.84. The van der Waals surface area contributed by atoms with Crippen LogP contribution in [0.25, 0.3) is 44.8 Å². The normalized spacial score (nSPS) is 14.3. The molecule has 6 aromatic rings. The molecule has 0 saturated carbocycles. The van der Waals surface area contributed by atoms with Crippen molar-refractivity contribution in [3.05, 3.63) is 95.1 Å². The first-order valence-corrected chi connectivity index (χ1v) is 12.8. The number of hydrogen-bond acceptors (Lipinski definition) is 4. The van der Waals surface area contributed by atoms with Crippen molar-refractivity contribution in [3.8, 4) is 22.8 Å². The fourth-order valence-electron chi connectivity index (χ4n) is 6.00. The van der Waals surface area contributed by atoms with Gasteiger partial charge in [0.05, 0.1) is 28.7 Å². The van der Waals surface area contributed by atoms with Gasteiger partial charge in [-0.05, 0) is 84.6 Å². The quantitative estimate of drug-likeness (QED) is 0.289. The summed E-state index contributed by atoms with van der Waals surface area (Å²) in [6.45, 7) is 6.90. The van der Waals surface area contributed by atoms with Gasteiger partial charge in [-0.15, -0.1) is 0 Å². The fourth-order valence-corrected chi connectivity index (χ4v) is 6.00. The number of rotatable bonds is 2. The van der Waals surface area contributed by atoms with E-state index in [1.807, 2.05) is 0 Å². The van der Waals surface area contributed by atoms with Crippen molar-refractivity contribution < 1.29 is 0 Å². The highest BCUT2D eigenvalue weighted by Gasteiger charge is 2.30. The number of aryl methyl sites for hydroxylation is 2. The summed E-state index contributed by atoms with van der Waals surface area (Å²) in [6.07, 6.45) is 0. The highest BCUT2D eigenvalue weighted by Crippen LogP contribution is 2.40. The number of nitrogens with one attached hydrogen (secondary N) is 2. The van der Waals surface area contributed by atoms with Crippen molar-refractivity contribution >= 4 is 33.4 Å². The SMILES string of the molecule is Cc1cccc2[nH]c(-c3ccc4c(c3)CN3CN4Cc4cc(-c5nc6c(C)cccc6[nH]5)ccc43)nc12. The first-order chi connectivity index (χ1) is 18.1. The maximum Gasteiger partial charge on any atom is 0.138 e. The predicted molar refractivity (Wildman–Crippen MR) is 150 cm³/mol. The van der Waals surface area contributed by atoms with Crippen LogP contribution in [-0.2, 0) is 13.1 Å². The summed E-state index contributed by atoms with van der Waals surface area (Å²) < 4.78 is 0. The van der Waals surface area contributed by atoms with Crippen molar-refractivity contribution in [2.75, 3.05) is 16.5 Å². The molecule has 6 heteroatoms. The molecule has 2 bridgehead atoms. The van der Waals surface area contributed by atoms with E-state index in [0.717, 1.165) is 64.6 Å². The lowest BCUT2D eigenvalue weighted by molar-refractivity contribution is 0.651. The highest BCUT2D eigenvalue weighted by atomic mass is 15.4. The Hall–Kier alpha value is -4.58. The molecule has 0 radical (unpaired) electrons. The van der Waals surface area contributed by atoms with Gasteiger partial charge in [0.2, 0.25) is 0 Å². The summed E-state index contributed by atoms with van der Waals surface area (Å²) in [5, 5.41) is 0. The first kappa shape index (κ1) is 20.6. The second kappa shape index (κ2) is 7.46. The standard InChI is InChI=1S/C31H26N6/c1-18-5-3-7-24-28(18)34-30(32-24)20-9-11-26-22(13-20)15-36-17-37(26)16-23-14-21(10-12-27(23)36)31-33-25-8-4-6-19(2)29(25)35-31/h3-14H,15-17H2,1-2H3,(H,32,34)(H,33,35). The van der Waals surface area contributed by atoms with Crippen LogP contribution in [0.5, 0.6) is 0 Å². The fraction of sp³-hybridized carbons (Fsp3) is 0.161. The van der Waals surface area contributed by atoms with Gasteiger partial charge in [0, 0.05) is 35.6 Å². The summed E-state index contributed by atoms with van der Waals surface area (Å²) in [5.41, 5.74) is 14.2. The van der Waals surface area contributed by atoms with Gasteiger partial charge >= 0.3 is 0 Å². The third-order valence-electron chi connectivity index (χ3n) is 7.88. The largest absolute Gasteiger partial charge is 0.349 e. The first-order valence-electron chi connectivity index (χ1n) is 12.8. The number of para-hydroxylation sites is 2. The molecular weight excluding hydrogens is 456 g/mol. The van der Waals surface area contributed by atoms with E-state index in [0.29, 0.717) is 0 Å². The number of aromatic nitrogens is 4. The van der Waals surface area contributed by atoms with Crippen molar-refractivity contribution in [2.24, 2.45) is 0 Å². The topological polar surface area (TPSA) is 63.8 Å². The van der Waals surface area contributed by atoms with Gasteiger partial charge in [-0.2, -0.15) is 0 Å². The number of nitrogens with zero attached hydrogens (tertiary/aromatic N) is 4. The molecule has 0 unspecified atom stereocenters. The lowest BCUT2D eigenvalue weighted by atomic mass is 9.98. The van der Waals surface area contributed by atoms with E-state index in [4.69, 9.17) is 9.97 Å². The summed E-state index contributed by atoms with van der Waals surface area (Å²) in [4.78, 5) is 21.8. The van der Waals surface area contributed by atoms with Crippen molar-refractivity contribution in [2.45, 2.75) is 26.9 Å². The van der Waals surface area contributed by atoms with Crippen LogP contribution in [-0.4, -0.2) is 26.6 Å². The Balaban J connectivity index is 1.14. The lowest BCUT2D eigenvalue weighted by Crippen LogP contribution is -2.46. The van der Waals surface area contributed by atoms with Crippen molar-refractivity contribution in [1.29, 1.82) is 0 Å². The molecule has 2 aliphatic rings. The van der Waals surface area contributed by atoms with Crippen LogP contribution >= 0.6 is 0 Å². The third kappa shape index (κ3) is 3.12. The molecule has 4 aromatic carbocycles. The van der Waals surface area contributed by atoms with E-state index in [2.05, 4.69) is 106 Å². The maximum absolute atomic E-state index is 4.91. The van der Waals surface area contributed by atoms with Crippen LogP contribution in [0.4, 0.5) is 11.4 Å².